The van der Waals surface area contributed by atoms with Crippen LogP contribution in [0.15, 0.2) is 12.1 Å². The molecule has 1 aliphatic heterocycles. The van der Waals surface area contributed by atoms with E-state index in [0.29, 0.717) is 23.3 Å². The summed E-state index contributed by atoms with van der Waals surface area (Å²) >= 11 is 0. The summed E-state index contributed by atoms with van der Waals surface area (Å²) in [6.07, 6.45) is 4.06. The Morgan fingerprint density at radius 1 is 1.50 bits per heavy atom. The van der Waals surface area contributed by atoms with Crippen LogP contribution in [0.2, 0.25) is 0 Å². The van der Waals surface area contributed by atoms with Crippen LogP contribution in [0.1, 0.15) is 56.1 Å². The molecule has 4 heteroatoms. The third-order valence-electron chi connectivity index (χ3n) is 3.98. The van der Waals surface area contributed by atoms with E-state index in [1.165, 1.54) is 0 Å². The number of aryl methyl sites for hydroxylation is 1. The van der Waals surface area contributed by atoms with Crippen LogP contribution in [-0.4, -0.2) is 28.4 Å². The van der Waals surface area contributed by atoms with E-state index >= 15 is 0 Å². The summed E-state index contributed by atoms with van der Waals surface area (Å²) in [7, 11) is 0. The van der Waals surface area contributed by atoms with Gasteiger partial charge in [-0.25, -0.2) is 4.98 Å². The first-order valence-corrected chi connectivity index (χ1v) is 7.60. The number of carbonyl (C=O) groups excluding carboxylic acids is 1. The normalized spacial score (nSPS) is 18.8. The lowest BCUT2D eigenvalue weighted by Crippen LogP contribution is -2.38. The number of amides is 1. The van der Waals surface area contributed by atoms with E-state index in [0.717, 1.165) is 37.9 Å². The van der Waals surface area contributed by atoms with Gasteiger partial charge in [0.1, 0.15) is 5.82 Å². The number of pyridine rings is 1. The van der Waals surface area contributed by atoms with Gasteiger partial charge in [0.15, 0.2) is 0 Å². The van der Waals surface area contributed by atoms with Crippen molar-refractivity contribution in [1.29, 1.82) is 0 Å². The van der Waals surface area contributed by atoms with Crippen molar-refractivity contribution in [1.82, 2.24) is 9.88 Å². The fraction of sp³-hybridized carbons (Fsp3) is 0.625. The van der Waals surface area contributed by atoms with E-state index in [2.05, 4.69) is 25.8 Å². The van der Waals surface area contributed by atoms with Crippen molar-refractivity contribution in [2.75, 3.05) is 12.3 Å². The maximum atomic E-state index is 12.7. The SMILES string of the molecule is CCCc1cc(C(=O)N2CCCC2C(C)C)cc(N)n1. The number of nitrogens with two attached hydrogens (primary N) is 1. The Bertz CT molecular complexity index is 485. The van der Waals surface area contributed by atoms with E-state index in [1.807, 2.05) is 11.0 Å². The number of hydrogen-bond donors (Lipinski definition) is 1. The van der Waals surface area contributed by atoms with E-state index in [4.69, 9.17) is 5.73 Å². The summed E-state index contributed by atoms with van der Waals surface area (Å²) in [5.41, 5.74) is 7.44. The molecule has 20 heavy (non-hydrogen) atoms. The number of hydrogen-bond acceptors (Lipinski definition) is 3. The number of rotatable bonds is 4. The first-order valence-electron chi connectivity index (χ1n) is 7.60. The van der Waals surface area contributed by atoms with Gasteiger partial charge in [-0.05, 0) is 37.3 Å². The minimum Gasteiger partial charge on any atom is -0.384 e. The molecule has 1 amide bonds. The molecule has 1 aliphatic rings. The molecule has 1 saturated heterocycles. The van der Waals surface area contributed by atoms with Gasteiger partial charge in [-0.15, -0.1) is 0 Å². The molecule has 0 bridgehead atoms. The summed E-state index contributed by atoms with van der Waals surface area (Å²) in [6.45, 7) is 7.31. The maximum absolute atomic E-state index is 12.7. The minimum absolute atomic E-state index is 0.104. The number of anilines is 1. The topological polar surface area (TPSA) is 59.2 Å². The summed E-state index contributed by atoms with van der Waals surface area (Å²) in [5, 5.41) is 0. The highest BCUT2D eigenvalue weighted by atomic mass is 16.2. The Morgan fingerprint density at radius 2 is 2.25 bits per heavy atom. The molecule has 110 valence electrons. The van der Waals surface area contributed by atoms with E-state index in [1.54, 1.807) is 6.07 Å². The molecule has 1 fully saturated rings. The van der Waals surface area contributed by atoms with Crippen LogP contribution in [0.25, 0.3) is 0 Å². The van der Waals surface area contributed by atoms with E-state index in [-0.39, 0.29) is 5.91 Å². The zero-order chi connectivity index (χ0) is 14.7. The molecule has 2 heterocycles. The van der Waals surface area contributed by atoms with Gasteiger partial charge in [-0.1, -0.05) is 27.2 Å². The van der Waals surface area contributed by atoms with Gasteiger partial charge in [0.2, 0.25) is 0 Å². The van der Waals surface area contributed by atoms with Crippen LogP contribution in [-0.2, 0) is 6.42 Å². The molecule has 0 spiro atoms. The lowest BCUT2D eigenvalue weighted by atomic mass is 10.0. The van der Waals surface area contributed by atoms with Crippen LogP contribution < -0.4 is 5.73 Å². The van der Waals surface area contributed by atoms with Crippen molar-refractivity contribution in [3.63, 3.8) is 0 Å². The Kier molecular flexibility index (Phi) is 4.63. The van der Waals surface area contributed by atoms with Crippen molar-refractivity contribution in [3.8, 4) is 0 Å². The van der Waals surface area contributed by atoms with Crippen molar-refractivity contribution in [2.24, 2.45) is 5.92 Å². The second-order valence-electron chi connectivity index (χ2n) is 5.97. The Balaban J connectivity index is 2.24. The summed E-state index contributed by atoms with van der Waals surface area (Å²) in [4.78, 5) is 19.0. The maximum Gasteiger partial charge on any atom is 0.254 e. The molecule has 0 saturated carbocycles. The molecule has 0 aromatic carbocycles. The van der Waals surface area contributed by atoms with Gasteiger partial charge in [0.25, 0.3) is 5.91 Å². The van der Waals surface area contributed by atoms with Gasteiger partial charge in [-0.3, -0.25) is 4.79 Å². The average Bonchev–Trinajstić information content (AvgIpc) is 2.86. The Hall–Kier alpha value is -1.58. The fourth-order valence-corrected chi connectivity index (χ4v) is 3.02. The number of likely N-dealkylation sites (tertiary alicyclic amines) is 1. The molecule has 1 unspecified atom stereocenters. The molecule has 0 aliphatic carbocycles. The monoisotopic (exact) mass is 275 g/mol. The average molecular weight is 275 g/mol. The summed E-state index contributed by atoms with van der Waals surface area (Å²) < 4.78 is 0. The van der Waals surface area contributed by atoms with Crippen LogP contribution in [0.4, 0.5) is 5.82 Å². The third kappa shape index (κ3) is 3.11. The highest BCUT2D eigenvalue weighted by Crippen LogP contribution is 2.26. The molecular weight excluding hydrogens is 250 g/mol. The van der Waals surface area contributed by atoms with Gasteiger partial charge in [0, 0.05) is 23.8 Å². The van der Waals surface area contributed by atoms with Gasteiger partial charge in [-0.2, -0.15) is 0 Å². The van der Waals surface area contributed by atoms with Gasteiger partial charge < -0.3 is 10.6 Å². The highest BCUT2D eigenvalue weighted by molar-refractivity contribution is 5.95. The van der Waals surface area contributed by atoms with Gasteiger partial charge >= 0.3 is 0 Å². The van der Waals surface area contributed by atoms with Crippen molar-refractivity contribution < 1.29 is 4.79 Å². The zero-order valence-corrected chi connectivity index (χ0v) is 12.7. The number of aromatic nitrogens is 1. The molecule has 2 N–H and O–H groups in total. The van der Waals surface area contributed by atoms with Gasteiger partial charge in [0.05, 0.1) is 0 Å². The highest BCUT2D eigenvalue weighted by Gasteiger charge is 2.31. The third-order valence-corrected chi connectivity index (χ3v) is 3.98. The predicted molar refractivity (Wildman–Crippen MR) is 81.5 cm³/mol. The smallest absolute Gasteiger partial charge is 0.254 e. The number of nitrogen functional groups attached to an aromatic ring is 1. The van der Waals surface area contributed by atoms with Crippen LogP contribution in [0, 0.1) is 5.92 Å². The number of nitrogens with zero attached hydrogens (tertiary/aromatic N) is 2. The van der Waals surface area contributed by atoms with Crippen LogP contribution in [0.5, 0.6) is 0 Å². The standard InChI is InChI=1S/C16H25N3O/c1-4-6-13-9-12(10-15(17)18-13)16(20)19-8-5-7-14(19)11(2)3/h9-11,14H,4-8H2,1-3H3,(H2,17,18). The van der Waals surface area contributed by atoms with Crippen LogP contribution in [0.3, 0.4) is 0 Å². The lowest BCUT2D eigenvalue weighted by Gasteiger charge is -2.28. The van der Waals surface area contributed by atoms with E-state index in [9.17, 15) is 4.79 Å². The van der Waals surface area contributed by atoms with Crippen LogP contribution >= 0.6 is 0 Å². The zero-order valence-electron chi connectivity index (χ0n) is 12.7. The largest absolute Gasteiger partial charge is 0.384 e. The number of carbonyl (C=O) groups is 1. The molecule has 1 atom stereocenters. The first-order chi connectivity index (χ1) is 9.52. The minimum atomic E-state index is 0.104. The summed E-state index contributed by atoms with van der Waals surface area (Å²) in [5.74, 6) is 1.04. The van der Waals surface area contributed by atoms with Crippen molar-refractivity contribution >= 4 is 11.7 Å². The lowest BCUT2D eigenvalue weighted by molar-refractivity contribution is 0.0701. The van der Waals surface area contributed by atoms with Crippen molar-refractivity contribution in [2.45, 2.75) is 52.5 Å². The van der Waals surface area contributed by atoms with Crippen molar-refractivity contribution in [3.05, 3.63) is 23.4 Å². The fourth-order valence-electron chi connectivity index (χ4n) is 3.02. The Labute approximate surface area is 121 Å². The predicted octanol–water partition coefficient (Wildman–Crippen LogP) is 2.88. The quantitative estimate of drug-likeness (QED) is 0.919. The molecule has 0 radical (unpaired) electrons. The molecule has 2 rings (SSSR count). The molecule has 1 aromatic rings. The second kappa shape index (κ2) is 6.25. The molecule has 1 aromatic heterocycles. The summed E-state index contributed by atoms with van der Waals surface area (Å²) in [6, 6.07) is 3.96. The molecule has 4 nitrogen and oxygen atoms in total. The van der Waals surface area contributed by atoms with E-state index < -0.39 is 0 Å². The first kappa shape index (κ1) is 14.8. The Morgan fingerprint density at radius 3 is 2.90 bits per heavy atom. The molecular formula is C16H25N3O. The second-order valence-corrected chi connectivity index (χ2v) is 5.97.